The van der Waals surface area contributed by atoms with Gasteiger partial charge in [0.1, 0.15) is 12.2 Å². The van der Waals surface area contributed by atoms with E-state index in [1.54, 1.807) is 0 Å². The van der Waals surface area contributed by atoms with E-state index in [2.05, 4.69) is 5.73 Å². The summed E-state index contributed by atoms with van der Waals surface area (Å²) >= 11 is 0. The van der Waals surface area contributed by atoms with E-state index in [1.807, 2.05) is 0 Å². The molecular weight excluding hydrogens is 155 g/mol. The molecule has 0 fully saturated rings. The Morgan fingerprint density at radius 3 is 2.27 bits per heavy atom. The molecule has 0 bridgehead atoms. The van der Waals surface area contributed by atoms with Gasteiger partial charge in [-0.3, -0.25) is 9.59 Å². The molecule has 0 spiro atoms. The van der Waals surface area contributed by atoms with Crippen LogP contribution in [0.1, 0.15) is 6.42 Å². The van der Waals surface area contributed by atoms with Crippen LogP contribution in [0.25, 0.3) is 0 Å². The number of carboxylic acids is 1. The SMILES string of the molecule is NC(=O)CC(F)[C@@H](N)C(=O)O. The number of halogens is 1. The van der Waals surface area contributed by atoms with Gasteiger partial charge >= 0.3 is 5.97 Å². The molecule has 1 unspecified atom stereocenters. The Morgan fingerprint density at radius 1 is 1.55 bits per heavy atom. The highest BCUT2D eigenvalue weighted by Gasteiger charge is 2.24. The van der Waals surface area contributed by atoms with Crippen LogP contribution in [0.2, 0.25) is 0 Å². The van der Waals surface area contributed by atoms with E-state index in [0.29, 0.717) is 0 Å². The molecule has 0 aliphatic carbocycles. The zero-order valence-electron chi connectivity index (χ0n) is 5.66. The lowest BCUT2D eigenvalue weighted by atomic mass is 10.1. The monoisotopic (exact) mass is 164 g/mol. The van der Waals surface area contributed by atoms with Crippen LogP contribution in [0.15, 0.2) is 0 Å². The van der Waals surface area contributed by atoms with Gasteiger partial charge in [-0.1, -0.05) is 0 Å². The molecule has 0 saturated heterocycles. The Kier molecular flexibility index (Phi) is 3.46. The van der Waals surface area contributed by atoms with Gasteiger partial charge in [-0.25, -0.2) is 4.39 Å². The van der Waals surface area contributed by atoms with Crippen LogP contribution < -0.4 is 11.5 Å². The number of alkyl halides is 1. The van der Waals surface area contributed by atoms with Crippen molar-refractivity contribution in [1.82, 2.24) is 0 Å². The van der Waals surface area contributed by atoms with Gasteiger partial charge in [0.05, 0.1) is 6.42 Å². The number of hydrogen-bond donors (Lipinski definition) is 3. The Morgan fingerprint density at radius 2 is 2.00 bits per heavy atom. The van der Waals surface area contributed by atoms with Gasteiger partial charge in [-0.05, 0) is 0 Å². The zero-order valence-corrected chi connectivity index (χ0v) is 5.66. The fourth-order valence-electron chi connectivity index (χ4n) is 0.474. The average molecular weight is 164 g/mol. The first-order chi connectivity index (χ1) is 4.95. The molecule has 0 saturated carbocycles. The van der Waals surface area contributed by atoms with Crippen molar-refractivity contribution in [3.05, 3.63) is 0 Å². The predicted octanol–water partition coefficient (Wildman–Crippen LogP) is -1.39. The highest BCUT2D eigenvalue weighted by molar-refractivity contribution is 5.78. The molecule has 0 rings (SSSR count). The number of carbonyl (C=O) groups excluding carboxylic acids is 1. The van der Waals surface area contributed by atoms with Gasteiger partial charge < -0.3 is 16.6 Å². The third-order valence-corrected chi connectivity index (χ3v) is 1.07. The van der Waals surface area contributed by atoms with Gasteiger partial charge in [-0.15, -0.1) is 0 Å². The Balaban J connectivity index is 3.92. The van der Waals surface area contributed by atoms with Crippen molar-refractivity contribution in [3.63, 3.8) is 0 Å². The normalized spacial score (nSPS) is 15.5. The minimum Gasteiger partial charge on any atom is -0.480 e. The smallest absolute Gasteiger partial charge is 0.323 e. The number of carboxylic acid groups (broad SMARTS) is 1. The van der Waals surface area contributed by atoms with Crippen molar-refractivity contribution in [1.29, 1.82) is 0 Å². The highest BCUT2D eigenvalue weighted by atomic mass is 19.1. The molecule has 0 aromatic rings. The summed E-state index contributed by atoms with van der Waals surface area (Å²) in [5.41, 5.74) is 9.43. The summed E-state index contributed by atoms with van der Waals surface area (Å²) in [6.45, 7) is 0. The number of carbonyl (C=O) groups is 2. The van der Waals surface area contributed by atoms with Crippen molar-refractivity contribution >= 4 is 11.9 Å². The second kappa shape index (κ2) is 3.87. The second-order valence-electron chi connectivity index (χ2n) is 2.05. The first kappa shape index (κ1) is 9.83. The Bertz CT molecular complexity index is 173. The summed E-state index contributed by atoms with van der Waals surface area (Å²) in [5.74, 6) is -2.40. The van der Waals surface area contributed by atoms with Gasteiger partial charge in [0.2, 0.25) is 5.91 Å². The van der Waals surface area contributed by atoms with E-state index in [-0.39, 0.29) is 0 Å². The maximum Gasteiger partial charge on any atom is 0.323 e. The second-order valence-corrected chi connectivity index (χ2v) is 2.05. The number of rotatable bonds is 4. The van der Waals surface area contributed by atoms with Crippen LogP contribution in [0.3, 0.4) is 0 Å². The van der Waals surface area contributed by atoms with E-state index < -0.39 is 30.5 Å². The number of amides is 1. The lowest BCUT2D eigenvalue weighted by Gasteiger charge is -2.09. The molecule has 11 heavy (non-hydrogen) atoms. The summed E-state index contributed by atoms with van der Waals surface area (Å²) < 4.78 is 12.5. The average Bonchev–Trinajstić information content (AvgIpc) is 1.84. The molecule has 5 N–H and O–H groups in total. The highest BCUT2D eigenvalue weighted by Crippen LogP contribution is 2.01. The van der Waals surface area contributed by atoms with Crippen LogP contribution in [0.5, 0.6) is 0 Å². The van der Waals surface area contributed by atoms with Crippen molar-refractivity contribution < 1.29 is 19.1 Å². The van der Waals surface area contributed by atoms with Gasteiger partial charge in [0.25, 0.3) is 0 Å². The number of hydrogen-bond acceptors (Lipinski definition) is 3. The van der Waals surface area contributed by atoms with Gasteiger partial charge in [0.15, 0.2) is 0 Å². The van der Waals surface area contributed by atoms with Gasteiger partial charge in [0, 0.05) is 0 Å². The third kappa shape index (κ3) is 3.51. The number of primary amides is 1. The predicted molar refractivity (Wildman–Crippen MR) is 34.3 cm³/mol. The molecule has 0 radical (unpaired) electrons. The molecule has 0 aromatic carbocycles. The number of nitrogens with two attached hydrogens (primary N) is 2. The molecule has 6 heteroatoms. The third-order valence-electron chi connectivity index (χ3n) is 1.07. The van der Waals surface area contributed by atoms with E-state index in [0.717, 1.165) is 0 Å². The molecule has 1 amide bonds. The van der Waals surface area contributed by atoms with E-state index in [9.17, 15) is 14.0 Å². The molecule has 2 atom stereocenters. The topological polar surface area (TPSA) is 106 Å². The zero-order chi connectivity index (χ0) is 9.02. The fraction of sp³-hybridized carbons (Fsp3) is 0.600. The molecule has 0 aliphatic heterocycles. The van der Waals surface area contributed by atoms with Crippen LogP contribution in [-0.4, -0.2) is 29.2 Å². The van der Waals surface area contributed by atoms with Crippen molar-refractivity contribution in [2.45, 2.75) is 18.6 Å². The number of aliphatic carboxylic acids is 1. The van der Waals surface area contributed by atoms with Crippen LogP contribution in [0, 0.1) is 0 Å². The Hall–Kier alpha value is -1.17. The lowest BCUT2D eigenvalue weighted by molar-refractivity contribution is -0.140. The van der Waals surface area contributed by atoms with Gasteiger partial charge in [-0.2, -0.15) is 0 Å². The quantitative estimate of drug-likeness (QED) is 0.475. The summed E-state index contributed by atoms with van der Waals surface area (Å²) in [5, 5.41) is 8.15. The Labute approximate surface area is 62.2 Å². The minimum atomic E-state index is -1.91. The molecule has 0 heterocycles. The standard InChI is InChI=1S/C5H9FN2O3/c6-2(1-3(7)9)4(8)5(10)11/h2,4H,1,8H2,(H2,7,9)(H,10,11)/t2?,4-/m1/s1. The largest absolute Gasteiger partial charge is 0.480 e. The lowest BCUT2D eigenvalue weighted by Crippen LogP contribution is -2.41. The fourth-order valence-corrected chi connectivity index (χ4v) is 0.474. The molecule has 0 aromatic heterocycles. The molecular formula is C5H9FN2O3. The summed E-state index contributed by atoms with van der Waals surface area (Å²) in [7, 11) is 0. The van der Waals surface area contributed by atoms with Crippen LogP contribution in [0.4, 0.5) is 4.39 Å². The van der Waals surface area contributed by atoms with Crippen molar-refractivity contribution in [2.24, 2.45) is 11.5 Å². The van der Waals surface area contributed by atoms with E-state index >= 15 is 0 Å². The minimum absolute atomic E-state index is 0.659. The van der Waals surface area contributed by atoms with Crippen LogP contribution in [-0.2, 0) is 9.59 Å². The molecule has 5 nitrogen and oxygen atoms in total. The van der Waals surface area contributed by atoms with Crippen molar-refractivity contribution in [3.8, 4) is 0 Å². The maximum atomic E-state index is 12.5. The van der Waals surface area contributed by atoms with E-state index in [1.165, 1.54) is 0 Å². The summed E-state index contributed by atoms with van der Waals surface area (Å²) in [6, 6.07) is -1.68. The first-order valence-corrected chi connectivity index (χ1v) is 2.86. The van der Waals surface area contributed by atoms with Crippen LogP contribution >= 0.6 is 0 Å². The molecule has 64 valence electrons. The van der Waals surface area contributed by atoms with E-state index in [4.69, 9.17) is 10.8 Å². The summed E-state index contributed by atoms with van der Waals surface area (Å²) in [6.07, 6.45) is -2.57. The first-order valence-electron chi connectivity index (χ1n) is 2.86. The molecule has 0 aliphatic rings. The summed E-state index contributed by atoms with van der Waals surface area (Å²) in [4.78, 5) is 20.1. The maximum absolute atomic E-state index is 12.5. The van der Waals surface area contributed by atoms with Crippen molar-refractivity contribution in [2.75, 3.05) is 0 Å².